The Bertz CT molecular complexity index is 1570. The summed E-state index contributed by atoms with van der Waals surface area (Å²) >= 11 is 1.59. The second-order valence-corrected chi connectivity index (χ2v) is 11.1. The molecule has 2 atom stereocenters. The first-order valence-corrected chi connectivity index (χ1v) is 14.0. The van der Waals surface area contributed by atoms with Crippen molar-refractivity contribution < 1.29 is 18.3 Å². The molecule has 7 heteroatoms. The van der Waals surface area contributed by atoms with Gasteiger partial charge in [-0.15, -0.1) is 0 Å². The summed E-state index contributed by atoms with van der Waals surface area (Å²) in [6.07, 6.45) is 3.89. The third-order valence-electron chi connectivity index (χ3n) is 7.52. The highest BCUT2D eigenvalue weighted by molar-refractivity contribution is 8.16. The summed E-state index contributed by atoms with van der Waals surface area (Å²) in [6, 6.07) is 19.3. The van der Waals surface area contributed by atoms with Gasteiger partial charge in [-0.25, -0.2) is 13.8 Å². The van der Waals surface area contributed by atoms with Crippen LogP contribution in [-0.2, 0) is 0 Å². The van der Waals surface area contributed by atoms with Crippen LogP contribution >= 0.6 is 11.8 Å². The van der Waals surface area contributed by atoms with Crippen LogP contribution in [0.2, 0.25) is 0 Å². The third kappa shape index (κ3) is 4.44. The molecule has 0 saturated heterocycles. The number of hydrogen-bond donors (Lipinski definition) is 0. The molecule has 0 spiro atoms. The second kappa shape index (κ2) is 9.72. The van der Waals surface area contributed by atoms with Crippen molar-refractivity contribution in [3.8, 4) is 11.5 Å². The van der Waals surface area contributed by atoms with Crippen LogP contribution in [0.5, 0.6) is 11.5 Å². The lowest BCUT2D eigenvalue weighted by molar-refractivity contribution is 0.171. The van der Waals surface area contributed by atoms with Gasteiger partial charge in [-0.2, -0.15) is 0 Å². The largest absolute Gasteiger partial charge is 0.486 e. The van der Waals surface area contributed by atoms with Crippen LogP contribution in [0.15, 0.2) is 94.0 Å². The van der Waals surface area contributed by atoms with E-state index in [0.717, 1.165) is 63.2 Å². The summed E-state index contributed by atoms with van der Waals surface area (Å²) in [5.74, 6) is 1.37. The van der Waals surface area contributed by atoms with Crippen LogP contribution in [0, 0.1) is 17.6 Å². The molecule has 3 aliphatic heterocycles. The van der Waals surface area contributed by atoms with E-state index in [4.69, 9.17) is 14.5 Å². The molecule has 0 unspecified atom stereocenters. The highest BCUT2D eigenvalue weighted by Crippen LogP contribution is 2.52. The fourth-order valence-electron chi connectivity index (χ4n) is 5.81. The number of nitrogens with zero attached hydrogens (tertiary/aromatic N) is 2. The molecule has 1 aliphatic carbocycles. The smallest absolute Gasteiger partial charge is 0.174 e. The lowest BCUT2D eigenvalue weighted by atomic mass is 9.78. The Labute approximate surface area is 230 Å². The average molecular weight is 541 g/mol. The van der Waals surface area contributed by atoms with E-state index in [1.807, 2.05) is 24.3 Å². The van der Waals surface area contributed by atoms with E-state index in [1.165, 1.54) is 29.8 Å². The molecule has 0 aromatic heterocycles. The number of fused-ring (bicyclic) bond motifs is 2. The highest BCUT2D eigenvalue weighted by atomic mass is 32.2. The molecule has 3 aromatic carbocycles. The second-order valence-electron chi connectivity index (χ2n) is 10.3. The predicted octanol–water partition coefficient (Wildman–Crippen LogP) is 7.96. The molecular weight excluding hydrogens is 514 g/mol. The van der Waals surface area contributed by atoms with Gasteiger partial charge in [0.25, 0.3) is 0 Å². The first kappa shape index (κ1) is 24.2. The Hall–Kier alpha value is -3.84. The van der Waals surface area contributed by atoms with Gasteiger partial charge in [-0.1, -0.05) is 43.0 Å². The van der Waals surface area contributed by atoms with Gasteiger partial charge >= 0.3 is 0 Å². The van der Waals surface area contributed by atoms with Gasteiger partial charge in [0.15, 0.2) is 16.7 Å². The lowest BCUT2D eigenvalue weighted by Crippen LogP contribution is -2.35. The average Bonchev–Trinajstić information content (AvgIpc) is 3.37. The van der Waals surface area contributed by atoms with Crippen molar-refractivity contribution in [2.24, 2.45) is 10.9 Å². The van der Waals surface area contributed by atoms with Crippen LogP contribution < -0.4 is 9.47 Å². The topological polar surface area (TPSA) is 34.1 Å². The molecule has 0 saturated carbocycles. The number of rotatable bonds is 3. The van der Waals surface area contributed by atoms with E-state index < -0.39 is 0 Å². The molecule has 4 aliphatic rings. The zero-order valence-corrected chi connectivity index (χ0v) is 22.2. The van der Waals surface area contributed by atoms with E-state index in [2.05, 4.69) is 29.4 Å². The maximum atomic E-state index is 14.0. The van der Waals surface area contributed by atoms with Gasteiger partial charge in [-0.05, 0) is 89.6 Å². The normalized spacial score (nSPS) is 22.8. The van der Waals surface area contributed by atoms with Gasteiger partial charge in [0.2, 0.25) is 0 Å². The summed E-state index contributed by atoms with van der Waals surface area (Å²) in [6.45, 7) is 3.32. The maximum absolute atomic E-state index is 14.0. The van der Waals surface area contributed by atoms with Crippen molar-refractivity contribution in [2.75, 3.05) is 13.2 Å². The van der Waals surface area contributed by atoms with Crippen molar-refractivity contribution >= 4 is 28.7 Å². The van der Waals surface area contributed by atoms with Gasteiger partial charge in [-0.3, -0.25) is 0 Å². The Kier molecular flexibility index (Phi) is 6.04. The molecule has 0 bridgehead atoms. The van der Waals surface area contributed by atoms with Crippen molar-refractivity contribution in [1.29, 1.82) is 0 Å². The van der Waals surface area contributed by atoms with Crippen LogP contribution in [-0.4, -0.2) is 23.3 Å². The quantitative estimate of drug-likeness (QED) is 0.338. The van der Waals surface area contributed by atoms with E-state index in [9.17, 15) is 8.78 Å². The van der Waals surface area contributed by atoms with Gasteiger partial charge in [0, 0.05) is 11.0 Å². The van der Waals surface area contributed by atoms with Crippen LogP contribution in [0.3, 0.4) is 0 Å². The molecule has 196 valence electrons. The van der Waals surface area contributed by atoms with Gasteiger partial charge in [0.1, 0.15) is 24.8 Å². The molecule has 4 nitrogen and oxygen atoms in total. The first-order valence-electron chi connectivity index (χ1n) is 13.1. The van der Waals surface area contributed by atoms with Crippen molar-refractivity contribution in [3.63, 3.8) is 0 Å². The predicted molar refractivity (Wildman–Crippen MR) is 151 cm³/mol. The SMILES string of the molecule is C[C@@H]1CC2=C(N=C3SC=C(c4ccc5c(c4)OCCO5)N3[C@@H]2c2ccc(F)cc2)/C(=C/c2ccc(F)cc2)C1. The Morgan fingerprint density at radius 1 is 0.897 bits per heavy atom. The summed E-state index contributed by atoms with van der Waals surface area (Å²) < 4.78 is 39.2. The molecule has 39 heavy (non-hydrogen) atoms. The van der Waals surface area contributed by atoms with E-state index in [1.54, 1.807) is 23.9 Å². The minimum atomic E-state index is -0.259. The van der Waals surface area contributed by atoms with Crippen LogP contribution in [0.4, 0.5) is 8.78 Å². The highest BCUT2D eigenvalue weighted by Gasteiger charge is 2.41. The minimum Gasteiger partial charge on any atom is -0.486 e. The first-order chi connectivity index (χ1) is 19.0. The fourth-order valence-corrected chi connectivity index (χ4v) is 6.73. The molecule has 0 fully saturated rings. The fraction of sp³-hybridized carbons (Fsp3) is 0.219. The number of ether oxygens (including phenoxy) is 2. The molecule has 3 heterocycles. The van der Waals surface area contributed by atoms with E-state index in [-0.39, 0.29) is 17.7 Å². The number of hydrogen-bond acceptors (Lipinski definition) is 5. The number of halogens is 2. The zero-order chi connectivity index (χ0) is 26.5. The molecular formula is C32H26F2N2O2S. The molecule has 7 rings (SSSR count). The Morgan fingerprint density at radius 3 is 2.38 bits per heavy atom. The van der Waals surface area contributed by atoms with Crippen LogP contribution in [0.25, 0.3) is 11.8 Å². The minimum absolute atomic E-state index is 0.137. The maximum Gasteiger partial charge on any atom is 0.174 e. The number of amidine groups is 1. The van der Waals surface area contributed by atoms with E-state index >= 15 is 0 Å². The standard InChI is InChI=1S/C32H26F2N2O2S/c1-19-14-23(16-20-2-7-24(33)8-3-20)30-26(15-19)31(21-4-9-25(34)10-5-21)36-27(18-39-32(36)35-30)22-6-11-28-29(17-22)38-13-12-37-28/h2-11,16-19,31H,12-15H2,1H3/b23-16+/t19-,31+/m0/s1. The number of aliphatic imine (C=N–C) groups is 1. The number of benzene rings is 3. The summed E-state index contributed by atoms with van der Waals surface area (Å²) in [5.41, 5.74) is 7.34. The molecule has 0 amide bonds. The monoisotopic (exact) mass is 540 g/mol. The summed E-state index contributed by atoms with van der Waals surface area (Å²) in [5, 5.41) is 3.01. The zero-order valence-electron chi connectivity index (χ0n) is 21.4. The van der Waals surface area contributed by atoms with Crippen LogP contribution in [0.1, 0.15) is 42.5 Å². The van der Waals surface area contributed by atoms with Gasteiger partial charge < -0.3 is 14.4 Å². The summed E-state index contributed by atoms with van der Waals surface area (Å²) in [7, 11) is 0. The summed E-state index contributed by atoms with van der Waals surface area (Å²) in [4.78, 5) is 7.49. The van der Waals surface area contributed by atoms with Gasteiger partial charge in [0.05, 0.1) is 17.4 Å². The Morgan fingerprint density at radius 2 is 1.62 bits per heavy atom. The van der Waals surface area contributed by atoms with Crippen molar-refractivity contribution in [2.45, 2.75) is 25.8 Å². The van der Waals surface area contributed by atoms with Crippen molar-refractivity contribution in [1.82, 2.24) is 4.90 Å². The molecule has 3 aromatic rings. The molecule has 0 radical (unpaired) electrons. The van der Waals surface area contributed by atoms with E-state index in [0.29, 0.717) is 19.1 Å². The molecule has 0 N–H and O–H groups in total. The number of allylic oxidation sites excluding steroid dienone is 1. The van der Waals surface area contributed by atoms with Crippen molar-refractivity contribution in [3.05, 3.63) is 117 Å². The number of thioether (sulfide) groups is 1. The Balaban J connectivity index is 1.36. The third-order valence-corrected chi connectivity index (χ3v) is 8.36. The lowest BCUT2D eigenvalue weighted by Gasteiger charge is -2.41.